The molecule has 0 aromatic carbocycles. The van der Waals surface area contributed by atoms with Crippen molar-refractivity contribution in [3.05, 3.63) is 33.0 Å². The number of fused-ring (bicyclic) bond motifs is 1. The quantitative estimate of drug-likeness (QED) is 0.455. The van der Waals surface area contributed by atoms with E-state index in [1.807, 2.05) is 0 Å². The van der Waals surface area contributed by atoms with Crippen LogP contribution in [0.2, 0.25) is 0 Å². The highest BCUT2D eigenvalue weighted by Gasteiger charge is 2.14. The van der Waals surface area contributed by atoms with Gasteiger partial charge in [-0.15, -0.1) is 0 Å². The Morgan fingerprint density at radius 1 is 1.62 bits per heavy atom. The number of aromatic amines is 1. The summed E-state index contributed by atoms with van der Waals surface area (Å²) >= 11 is 0. The maximum absolute atomic E-state index is 11.0. The smallest absolute Gasteiger partial charge is 0.264 e. The predicted octanol–water partition coefficient (Wildman–Crippen LogP) is -0.841. The van der Waals surface area contributed by atoms with Gasteiger partial charge in [0.05, 0.1) is 11.4 Å². The van der Waals surface area contributed by atoms with Crippen molar-refractivity contribution < 1.29 is 5.03 Å². The van der Waals surface area contributed by atoms with Crippen LogP contribution < -0.4 is 5.56 Å². The first-order valence-electron chi connectivity index (χ1n) is 3.26. The van der Waals surface area contributed by atoms with Crippen LogP contribution in [0, 0.1) is 10.1 Å². The summed E-state index contributed by atoms with van der Waals surface area (Å²) in [6.45, 7) is 0. The van der Waals surface area contributed by atoms with E-state index < -0.39 is 10.6 Å². The molecule has 0 aliphatic rings. The average molecular weight is 181 g/mol. The molecule has 0 aliphatic heterocycles. The van der Waals surface area contributed by atoms with Gasteiger partial charge in [-0.25, -0.2) is 4.98 Å². The van der Waals surface area contributed by atoms with Gasteiger partial charge >= 0.3 is 0 Å². The molecule has 2 rings (SSSR count). The van der Waals surface area contributed by atoms with E-state index in [0.29, 0.717) is 4.79 Å². The molecule has 0 radical (unpaired) electrons. The van der Waals surface area contributed by atoms with E-state index in [1.54, 1.807) is 0 Å². The van der Waals surface area contributed by atoms with Crippen LogP contribution in [-0.2, 0) is 0 Å². The fourth-order valence-electron chi connectivity index (χ4n) is 0.963. The second-order valence-electron chi connectivity index (χ2n) is 2.24. The largest absolute Gasteiger partial charge is 0.339 e. The van der Waals surface area contributed by atoms with Crippen molar-refractivity contribution in [3.8, 4) is 0 Å². The Bertz CT molecular complexity index is 526. The molecule has 13 heavy (non-hydrogen) atoms. The normalized spacial score (nSPS) is 10.5. The summed E-state index contributed by atoms with van der Waals surface area (Å²) < 4.78 is 0. The highest BCUT2D eigenvalue weighted by atomic mass is 16.7. The van der Waals surface area contributed by atoms with Crippen LogP contribution in [0.4, 0.5) is 0 Å². The molecule has 0 spiro atoms. The number of rotatable bonds is 1. The van der Waals surface area contributed by atoms with Gasteiger partial charge in [0, 0.05) is 9.89 Å². The van der Waals surface area contributed by atoms with Crippen molar-refractivity contribution >= 4 is 11.0 Å². The monoisotopic (exact) mass is 181 g/mol. The maximum atomic E-state index is 11.0. The predicted molar refractivity (Wildman–Crippen MR) is 40.5 cm³/mol. The van der Waals surface area contributed by atoms with Gasteiger partial charge in [-0.1, -0.05) is 0 Å². The van der Waals surface area contributed by atoms with E-state index in [2.05, 4.69) is 15.1 Å². The third-order valence-electron chi connectivity index (χ3n) is 1.51. The zero-order valence-electron chi connectivity index (χ0n) is 6.17. The van der Waals surface area contributed by atoms with Crippen molar-refractivity contribution in [3.63, 3.8) is 0 Å². The molecule has 1 N–H and O–H groups in total. The summed E-state index contributed by atoms with van der Waals surface area (Å²) in [5.41, 5.74) is -0.508. The van der Waals surface area contributed by atoms with Gasteiger partial charge in [0.15, 0.2) is 6.20 Å². The van der Waals surface area contributed by atoms with Crippen molar-refractivity contribution in [2.45, 2.75) is 0 Å². The van der Waals surface area contributed by atoms with E-state index in [1.165, 1.54) is 0 Å². The Morgan fingerprint density at radius 3 is 3.08 bits per heavy atom. The molecule has 8 nitrogen and oxygen atoms in total. The Kier molecular flexibility index (Phi) is 1.35. The van der Waals surface area contributed by atoms with Gasteiger partial charge in [-0.2, -0.15) is 0 Å². The van der Waals surface area contributed by atoms with Crippen LogP contribution in [0.1, 0.15) is 0 Å². The van der Waals surface area contributed by atoms with Crippen molar-refractivity contribution in [2.24, 2.45) is 0 Å². The first-order valence-corrected chi connectivity index (χ1v) is 3.26. The van der Waals surface area contributed by atoms with Crippen LogP contribution in [0.25, 0.3) is 11.0 Å². The molecule has 0 saturated carbocycles. The number of nitrogens with zero attached hydrogens (tertiary/aromatic N) is 4. The average Bonchev–Trinajstić information content (AvgIpc) is 2.48. The fourth-order valence-corrected chi connectivity index (χ4v) is 0.963. The van der Waals surface area contributed by atoms with Gasteiger partial charge in [0.25, 0.3) is 5.56 Å². The molecular weight excluding hydrogens is 178 g/mol. The minimum Gasteiger partial charge on any atom is -0.339 e. The summed E-state index contributed by atoms with van der Waals surface area (Å²) in [6, 6.07) is 0. The Balaban J connectivity index is 2.91. The third kappa shape index (κ3) is 0.956. The number of nitro groups is 1. The Labute approximate surface area is 69.9 Å². The van der Waals surface area contributed by atoms with Crippen LogP contribution in [0.3, 0.4) is 0 Å². The second kappa shape index (κ2) is 2.37. The number of H-pyrrole nitrogens is 1. The lowest BCUT2D eigenvalue weighted by atomic mass is 10.4. The standard InChI is InChI=1S/C5H3N5O3/c11-5-3-1-8-9(10(12)13)4(3)6-2-7-5/h1-2H,(H,6,7,11). The first-order chi connectivity index (χ1) is 6.20. The Morgan fingerprint density at radius 2 is 2.38 bits per heavy atom. The van der Waals surface area contributed by atoms with Crippen LogP contribution in [0.15, 0.2) is 17.3 Å². The van der Waals surface area contributed by atoms with Crippen LogP contribution >= 0.6 is 0 Å². The third-order valence-corrected chi connectivity index (χ3v) is 1.51. The van der Waals surface area contributed by atoms with Gasteiger partial charge in [0.2, 0.25) is 5.65 Å². The van der Waals surface area contributed by atoms with E-state index in [9.17, 15) is 14.9 Å². The fraction of sp³-hybridized carbons (Fsp3) is 0. The molecule has 0 unspecified atom stereocenters. The topological polar surface area (TPSA) is 107 Å². The van der Waals surface area contributed by atoms with Crippen LogP contribution in [0.5, 0.6) is 0 Å². The molecule has 8 heteroatoms. The maximum Gasteiger partial charge on any atom is 0.264 e. The van der Waals surface area contributed by atoms with E-state index in [4.69, 9.17) is 0 Å². The number of hydrogen-bond acceptors (Lipinski definition) is 5. The molecule has 0 bridgehead atoms. The molecule has 2 aromatic rings. The van der Waals surface area contributed by atoms with E-state index in [-0.39, 0.29) is 11.0 Å². The molecule has 0 atom stereocenters. The number of hydrogen-bond donors (Lipinski definition) is 1. The second-order valence-corrected chi connectivity index (χ2v) is 2.24. The van der Waals surface area contributed by atoms with Crippen molar-refractivity contribution in [1.29, 1.82) is 0 Å². The molecule has 2 aromatic heterocycles. The van der Waals surface area contributed by atoms with Crippen LogP contribution in [-0.4, -0.2) is 24.9 Å². The molecule has 66 valence electrons. The van der Waals surface area contributed by atoms with Crippen molar-refractivity contribution in [2.75, 3.05) is 0 Å². The Hall–Kier alpha value is -2.25. The highest BCUT2D eigenvalue weighted by molar-refractivity contribution is 5.72. The number of nitrogens with one attached hydrogen (secondary N) is 1. The highest BCUT2D eigenvalue weighted by Crippen LogP contribution is 2.02. The lowest BCUT2D eigenvalue weighted by Crippen LogP contribution is -2.12. The summed E-state index contributed by atoms with van der Waals surface area (Å²) in [4.78, 5) is 27.7. The first kappa shape index (κ1) is 7.40. The zero-order chi connectivity index (χ0) is 9.42. The van der Waals surface area contributed by atoms with Gasteiger partial charge in [-0.05, 0) is 0 Å². The lowest BCUT2D eigenvalue weighted by molar-refractivity contribution is -0.548. The molecule has 0 saturated heterocycles. The van der Waals surface area contributed by atoms with Crippen molar-refractivity contribution in [1.82, 2.24) is 19.9 Å². The SMILES string of the molecule is O=c1[nH]cnc2c1cnn2[N+](=O)[O-]. The summed E-state index contributed by atoms with van der Waals surface area (Å²) in [5, 5.41) is 13.1. The molecule has 0 aliphatic carbocycles. The summed E-state index contributed by atoms with van der Waals surface area (Å²) in [7, 11) is 0. The molecule has 0 amide bonds. The van der Waals surface area contributed by atoms with Gasteiger partial charge < -0.3 is 15.1 Å². The number of aromatic nitrogens is 4. The summed E-state index contributed by atoms with van der Waals surface area (Å²) in [5.74, 6) is 0. The molecule has 0 fully saturated rings. The molecular formula is C5H3N5O3. The van der Waals surface area contributed by atoms with Gasteiger partial charge in [0.1, 0.15) is 5.39 Å². The summed E-state index contributed by atoms with van der Waals surface area (Å²) in [6.07, 6.45) is 2.19. The van der Waals surface area contributed by atoms with E-state index >= 15 is 0 Å². The lowest BCUT2D eigenvalue weighted by Gasteiger charge is -1.90. The minimum absolute atomic E-state index is 0.0613. The molecule has 2 heterocycles. The van der Waals surface area contributed by atoms with Gasteiger partial charge in [-0.3, -0.25) is 4.79 Å². The zero-order valence-corrected chi connectivity index (χ0v) is 6.17. The van der Waals surface area contributed by atoms with E-state index in [0.717, 1.165) is 12.5 Å². The minimum atomic E-state index is -0.755.